The Morgan fingerprint density at radius 1 is 0.943 bits per heavy atom. The molecule has 35 heavy (non-hydrogen) atoms. The first kappa shape index (κ1) is 26.9. The summed E-state index contributed by atoms with van der Waals surface area (Å²) in [7, 11) is -13.1. The molecular formula is C16H23N7O9S3. The van der Waals surface area contributed by atoms with Crippen LogP contribution >= 0.6 is 0 Å². The van der Waals surface area contributed by atoms with Crippen molar-refractivity contribution in [2.45, 2.75) is 9.79 Å². The van der Waals surface area contributed by atoms with E-state index in [9.17, 15) is 34.4 Å². The topological polar surface area (TPSA) is 230 Å². The lowest BCUT2D eigenvalue weighted by Crippen LogP contribution is -2.37. The van der Waals surface area contributed by atoms with Crippen LogP contribution in [-0.4, -0.2) is 95.0 Å². The van der Waals surface area contributed by atoms with Gasteiger partial charge in [-0.05, 0) is 18.2 Å². The van der Waals surface area contributed by atoms with Gasteiger partial charge in [0.25, 0.3) is 20.2 Å². The molecule has 1 aromatic heterocycles. The predicted octanol–water partition coefficient (Wildman–Crippen LogP) is -1.09. The quantitative estimate of drug-likeness (QED) is 0.174. The fourth-order valence-corrected chi connectivity index (χ4v) is 4.64. The van der Waals surface area contributed by atoms with E-state index in [-0.39, 0.29) is 36.6 Å². The van der Waals surface area contributed by atoms with Crippen LogP contribution in [0, 0.1) is 0 Å². The summed E-state index contributed by atoms with van der Waals surface area (Å²) in [5.74, 6) is 0.0687. The van der Waals surface area contributed by atoms with Gasteiger partial charge in [0.15, 0.2) is 0 Å². The molecule has 16 nitrogen and oxygen atoms in total. The molecule has 3 rings (SSSR count). The lowest BCUT2D eigenvalue weighted by atomic mass is 10.3. The molecular weight excluding hydrogens is 530 g/mol. The second-order valence-electron chi connectivity index (χ2n) is 7.21. The fourth-order valence-electron chi connectivity index (χ4n) is 2.92. The van der Waals surface area contributed by atoms with Gasteiger partial charge in [-0.15, -0.1) is 0 Å². The monoisotopic (exact) mass is 553 g/mol. The first-order valence-corrected chi connectivity index (χ1v) is 14.6. The number of ether oxygens (including phenoxy) is 1. The highest BCUT2D eigenvalue weighted by Gasteiger charge is 2.22. The standard InChI is InChI=1S/C16H23N7O9S3/c1-33(24,25)18-5-4-17-14-20-15(22-16(21-14)23-6-8-32-9-7-23)19-12-3-2-11(34(26,27)28)10-13(12)35(29,30)31/h2-3,10,18H,4-9H2,1H3,(H,26,27,28)(H,29,30,31)(H2,17,19,20,21,22). The molecule has 5 N–H and O–H groups in total. The van der Waals surface area contributed by atoms with Crippen LogP contribution in [0.3, 0.4) is 0 Å². The number of morpholine rings is 1. The summed E-state index contributed by atoms with van der Waals surface area (Å²) in [4.78, 5) is 12.9. The van der Waals surface area contributed by atoms with Crippen LogP contribution in [0.25, 0.3) is 0 Å². The van der Waals surface area contributed by atoms with Gasteiger partial charge in [-0.2, -0.15) is 31.8 Å². The highest BCUT2D eigenvalue weighted by Crippen LogP contribution is 2.27. The van der Waals surface area contributed by atoms with Gasteiger partial charge in [0.2, 0.25) is 27.9 Å². The maximum atomic E-state index is 11.9. The third kappa shape index (κ3) is 7.92. The summed E-state index contributed by atoms with van der Waals surface area (Å²) in [6.07, 6.45) is 1.01. The minimum absolute atomic E-state index is 0.0299. The van der Waals surface area contributed by atoms with Gasteiger partial charge >= 0.3 is 0 Å². The van der Waals surface area contributed by atoms with E-state index in [0.717, 1.165) is 18.4 Å². The highest BCUT2D eigenvalue weighted by molar-refractivity contribution is 7.88. The maximum Gasteiger partial charge on any atom is 0.296 e. The average Bonchev–Trinajstić information content (AvgIpc) is 2.75. The Morgan fingerprint density at radius 3 is 2.20 bits per heavy atom. The number of nitrogens with one attached hydrogen (secondary N) is 3. The SMILES string of the molecule is CS(=O)(=O)NCCNc1nc(Nc2ccc(S(=O)(=O)O)cc2S(=O)(=O)O)nc(N2CCOCC2)n1. The zero-order valence-electron chi connectivity index (χ0n) is 18.2. The molecule has 0 bridgehead atoms. The molecule has 0 aliphatic carbocycles. The lowest BCUT2D eigenvalue weighted by Gasteiger charge is -2.27. The van der Waals surface area contributed by atoms with Crippen molar-refractivity contribution in [1.82, 2.24) is 19.7 Å². The molecule has 0 atom stereocenters. The van der Waals surface area contributed by atoms with Crippen LogP contribution in [0.5, 0.6) is 0 Å². The Balaban J connectivity index is 1.95. The summed E-state index contributed by atoms with van der Waals surface area (Å²) in [5.41, 5.74) is -0.274. The molecule has 0 spiro atoms. The van der Waals surface area contributed by atoms with E-state index in [0.29, 0.717) is 32.4 Å². The lowest BCUT2D eigenvalue weighted by molar-refractivity contribution is 0.122. The smallest absolute Gasteiger partial charge is 0.296 e. The second kappa shape index (κ2) is 10.5. The van der Waals surface area contributed by atoms with Crippen molar-refractivity contribution in [2.75, 3.05) is 61.2 Å². The molecule has 1 aliphatic heterocycles. The minimum Gasteiger partial charge on any atom is -0.378 e. The van der Waals surface area contributed by atoms with E-state index in [1.54, 1.807) is 4.90 Å². The largest absolute Gasteiger partial charge is 0.378 e. The van der Waals surface area contributed by atoms with Crippen LogP contribution in [0.1, 0.15) is 0 Å². The Labute approximate surface area is 201 Å². The number of anilines is 4. The van der Waals surface area contributed by atoms with Crippen LogP contribution in [0.15, 0.2) is 28.0 Å². The summed E-state index contributed by atoms with van der Waals surface area (Å²) in [6.45, 7) is 1.89. The minimum atomic E-state index is -4.93. The van der Waals surface area contributed by atoms with E-state index in [1.807, 2.05) is 0 Å². The van der Waals surface area contributed by atoms with Gasteiger partial charge in [0.05, 0.1) is 30.1 Å². The van der Waals surface area contributed by atoms with E-state index >= 15 is 0 Å². The molecule has 0 saturated carbocycles. The third-order valence-corrected chi connectivity index (χ3v) is 6.94. The van der Waals surface area contributed by atoms with Crippen molar-refractivity contribution in [3.8, 4) is 0 Å². The van der Waals surface area contributed by atoms with Gasteiger partial charge in [0, 0.05) is 26.2 Å². The van der Waals surface area contributed by atoms with Crippen molar-refractivity contribution < 1.29 is 39.1 Å². The Morgan fingerprint density at radius 2 is 1.60 bits per heavy atom. The maximum absolute atomic E-state index is 11.9. The summed E-state index contributed by atoms with van der Waals surface area (Å²) >= 11 is 0. The van der Waals surface area contributed by atoms with Crippen molar-refractivity contribution in [3.63, 3.8) is 0 Å². The predicted molar refractivity (Wildman–Crippen MR) is 124 cm³/mol. The molecule has 2 heterocycles. The van der Waals surface area contributed by atoms with Crippen molar-refractivity contribution >= 4 is 53.8 Å². The average molecular weight is 554 g/mol. The number of aromatic nitrogens is 3. The summed E-state index contributed by atoms with van der Waals surface area (Å²) in [5, 5.41) is 5.43. The van der Waals surface area contributed by atoms with E-state index < -0.39 is 40.1 Å². The Bertz CT molecular complexity index is 1390. The van der Waals surface area contributed by atoms with Gasteiger partial charge in [-0.1, -0.05) is 0 Å². The van der Waals surface area contributed by atoms with Crippen LogP contribution in [0.4, 0.5) is 23.5 Å². The third-order valence-electron chi connectivity index (χ3n) is 4.47. The molecule has 1 saturated heterocycles. The zero-order chi connectivity index (χ0) is 25.9. The molecule has 0 radical (unpaired) electrons. The number of hydrogen-bond donors (Lipinski definition) is 5. The molecule has 1 aliphatic rings. The van der Waals surface area contributed by atoms with Crippen molar-refractivity contribution in [2.24, 2.45) is 0 Å². The highest BCUT2D eigenvalue weighted by atomic mass is 32.2. The molecule has 2 aromatic rings. The Kier molecular flexibility index (Phi) is 8.09. The molecule has 194 valence electrons. The molecule has 19 heteroatoms. The molecule has 1 fully saturated rings. The van der Waals surface area contributed by atoms with E-state index in [1.165, 1.54) is 0 Å². The normalized spacial score (nSPS) is 15.1. The van der Waals surface area contributed by atoms with Gasteiger partial charge < -0.3 is 20.3 Å². The van der Waals surface area contributed by atoms with Gasteiger partial charge in [-0.25, -0.2) is 13.1 Å². The molecule has 1 aromatic carbocycles. The van der Waals surface area contributed by atoms with Crippen LogP contribution < -0.4 is 20.3 Å². The number of rotatable bonds is 10. The van der Waals surface area contributed by atoms with Gasteiger partial charge in [-0.3, -0.25) is 9.11 Å². The number of nitrogens with zero attached hydrogens (tertiary/aromatic N) is 4. The second-order valence-corrected chi connectivity index (χ2v) is 11.9. The Hall–Kier alpha value is -2.68. The number of sulfonamides is 1. The first-order chi connectivity index (χ1) is 16.2. The molecule has 0 unspecified atom stereocenters. The number of benzene rings is 1. The van der Waals surface area contributed by atoms with E-state index in [2.05, 4.69) is 30.3 Å². The van der Waals surface area contributed by atoms with Crippen molar-refractivity contribution in [1.29, 1.82) is 0 Å². The van der Waals surface area contributed by atoms with Crippen molar-refractivity contribution in [3.05, 3.63) is 18.2 Å². The van der Waals surface area contributed by atoms with Gasteiger partial charge in [0.1, 0.15) is 4.90 Å². The van der Waals surface area contributed by atoms with Crippen LogP contribution in [-0.2, 0) is 35.0 Å². The summed E-state index contributed by atoms with van der Waals surface area (Å²) < 4.78 is 95.3. The zero-order valence-corrected chi connectivity index (χ0v) is 20.7. The fraction of sp³-hybridized carbons (Fsp3) is 0.438. The number of hydrogen-bond acceptors (Lipinski definition) is 13. The van der Waals surface area contributed by atoms with Crippen LogP contribution in [0.2, 0.25) is 0 Å². The first-order valence-electron chi connectivity index (χ1n) is 9.86. The van der Waals surface area contributed by atoms with E-state index in [4.69, 9.17) is 4.74 Å². The summed E-state index contributed by atoms with van der Waals surface area (Å²) in [6, 6.07) is 2.51. The molecule has 0 amide bonds.